The molecule has 11 nitrogen and oxygen atoms in total. The lowest BCUT2D eigenvalue weighted by molar-refractivity contribution is -0.333. The summed E-state index contributed by atoms with van der Waals surface area (Å²) in [7, 11) is -0.665. The summed E-state index contributed by atoms with van der Waals surface area (Å²) in [5.74, 6) is -6.21. The number of alkyl halides is 7. The minimum Gasteiger partial charge on any atom is -0.743 e. The fraction of sp³-hybridized carbons (Fsp3) is 0.547. The van der Waals surface area contributed by atoms with Crippen LogP contribution in [0.3, 0.4) is 0 Å². The molecule has 0 radical (unpaired) electrons. The Hall–Kier alpha value is -4.50. The predicted molar refractivity (Wildman–Crippen MR) is 263 cm³/mol. The summed E-state index contributed by atoms with van der Waals surface area (Å²) in [5.41, 5.74) is 8.65. The zero-order valence-electron chi connectivity index (χ0n) is 43.5. The molecule has 0 atom stereocenters. The molecular weight excluding hydrogens is 976 g/mol. The molecule has 0 saturated carbocycles. The molecule has 4 aromatic carbocycles. The number of halogens is 7. The van der Waals surface area contributed by atoms with Crippen LogP contribution >= 0.6 is 0 Å². The summed E-state index contributed by atoms with van der Waals surface area (Å²) in [6, 6.07) is 20.9. The van der Waals surface area contributed by atoms with Gasteiger partial charge in [0.2, 0.25) is 0 Å². The maximum atomic E-state index is 11.8. The Morgan fingerprint density at radius 3 is 1.04 bits per heavy atom. The molecule has 19 heteroatoms. The van der Waals surface area contributed by atoms with Crippen molar-refractivity contribution >= 4 is 10.1 Å². The summed E-state index contributed by atoms with van der Waals surface area (Å²) in [6.45, 7) is 22.2. The standard InChI is InChI=1S/C41H52O7.C9H21N.C3HF7O3S/c1-10-26-16-34(17-27(11-2)37(26)42)40(3,4)32-12-14-33(15-13-32)41(5,35-18-28(22-45-6)38(43)29(19-35)23-46-7)36-20-30(24-47-8)39(44)31(21-36)25-48-9;1-4-7-10(8-5-2)9-6-3;4-1(5,2(6,7)8)3(9,10)14(11,12)13/h12-21,42-44H,10-11,22-25H2,1-9H3;4-9H2,1-3H3;(H,11,12,13)/p-1. The molecule has 0 spiro atoms. The van der Waals surface area contributed by atoms with Gasteiger partial charge in [-0.15, -0.1) is 0 Å². The van der Waals surface area contributed by atoms with Crippen LogP contribution in [0.15, 0.2) is 60.7 Å². The van der Waals surface area contributed by atoms with Gasteiger partial charge in [-0.3, -0.25) is 0 Å². The Labute approximate surface area is 421 Å². The molecule has 0 aliphatic carbocycles. The van der Waals surface area contributed by atoms with Crippen LogP contribution in [0, 0.1) is 0 Å². The molecule has 0 amide bonds. The van der Waals surface area contributed by atoms with Gasteiger partial charge in [0.05, 0.1) is 26.4 Å². The van der Waals surface area contributed by atoms with Gasteiger partial charge in [-0.2, -0.15) is 30.7 Å². The van der Waals surface area contributed by atoms with Crippen molar-refractivity contribution in [2.45, 2.75) is 142 Å². The van der Waals surface area contributed by atoms with Gasteiger partial charge in [0.25, 0.3) is 0 Å². The highest BCUT2D eigenvalue weighted by Crippen LogP contribution is 2.49. The molecule has 0 saturated heterocycles. The van der Waals surface area contributed by atoms with E-state index in [1.807, 2.05) is 24.3 Å². The van der Waals surface area contributed by atoms with Crippen LogP contribution in [0.2, 0.25) is 0 Å². The maximum absolute atomic E-state index is 11.8. The maximum Gasteiger partial charge on any atom is 0.461 e. The number of hydrogen-bond donors (Lipinski definition) is 3. The van der Waals surface area contributed by atoms with E-state index >= 15 is 0 Å². The lowest BCUT2D eigenvalue weighted by Crippen LogP contribution is -2.55. The van der Waals surface area contributed by atoms with Crippen molar-refractivity contribution < 1.29 is 78.0 Å². The summed E-state index contributed by atoms with van der Waals surface area (Å²) >= 11 is 0. The van der Waals surface area contributed by atoms with E-state index in [1.54, 1.807) is 28.4 Å². The second-order valence-corrected chi connectivity index (χ2v) is 19.5. The summed E-state index contributed by atoms with van der Waals surface area (Å²) in [4.78, 5) is 2.54. The average Bonchev–Trinajstić information content (AvgIpc) is 3.31. The highest BCUT2D eigenvalue weighted by atomic mass is 32.2. The van der Waals surface area contributed by atoms with Crippen molar-refractivity contribution in [2.24, 2.45) is 0 Å². The lowest BCUT2D eigenvalue weighted by atomic mass is 9.68. The summed E-state index contributed by atoms with van der Waals surface area (Å²) in [5, 5.41) is 26.3. The van der Waals surface area contributed by atoms with Gasteiger partial charge in [-0.05, 0) is 122 Å². The first-order chi connectivity index (χ1) is 33.5. The van der Waals surface area contributed by atoms with Crippen molar-refractivity contribution in [2.75, 3.05) is 48.1 Å². The number of benzene rings is 4. The molecule has 4 rings (SSSR count). The first-order valence-electron chi connectivity index (χ1n) is 23.6. The number of hydrogen-bond acceptors (Lipinski definition) is 11. The summed E-state index contributed by atoms with van der Waals surface area (Å²) < 4.78 is 131. The van der Waals surface area contributed by atoms with Gasteiger partial charge >= 0.3 is 17.4 Å². The number of phenols is 3. The van der Waals surface area contributed by atoms with Gasteiger partial charge in [-0.1, -0.05) is 84.9 Å². The lowest BCUT2D eigenvalue weighted by Gasteiger charge is -2.35. The Bertz CT molecular complexity index is 2290. The highest BCUT2D eigenvalue weighted by Gasteiger charge is 2.76. The molecule has 0 unspecified atom stereocenters. The number of aryl methyl sites for hydroxylation is 2. The average molecular weight is 1050 g/mol. The minimum absolute atomic E-state index is 0.152. The van der Waals surface area contributed by atoms with E-state index < -0.39 is 32.9 Å². The molecule has 3 N–H and O–H groups in total. The van der Waals surface area contributed by atoms with Crippen LogP contribution in [0.1, 0.15) is 136 Å². The highest BCUT2D eigenvalue weighted by molar-refractivity contribution is 7.86. The molecular formula is C53H73F7NO10S-. The first kappa shape index (κ1) is 63.6. The second-order valence-electron chi connectivity index (χ2n) is 18.1. The van der Waals surface area contributed by atoms with Crippen LogP contribution in [-0.4, -0.2) is 98.6 Å². The molecule has 0 fully saturated rings. The Morgan fingerprint density at radius 2 is 0.792 bits per heavy atom. The van der Waals surface area contributed by atoms with E-state index in [4.69, 9.17) is 18.9 Å². The number of methoxy groups -OCH3 is 4. The number of rotatable bonds is 23. The van der Waals surface area contributed by atoms with Crippen LogP contribution in [0.25, 0.3) is 0 Å². The van der Waals surface area contributed by atoms with E-state index in [0.29, 0.717) is 28.0 Å². The third-order valence-electron chi connectivity index (χ3n) is 12.5. The third kappa shape index (κ3) is 14.8. The van der Waals surface area contributed by atoms with E-state index in [2.05, 4.69) is 96.7 Å². The summed E-state index contributed by atoms with van der Waals surface area (Å²) in [6.07, 6.45) is -1.44. The van der Waals surface area contributed by atoms with Crippen molar-refractivity contribution in [3.05, 3.63) is 122 Å². The van der Waals surface area contributed by atoms with E-state index in [-0.39, 0.29) is 43.3 Å². The van der Waals surface area contributed by atoms with Gasteiger partial charge in [0, 0.05) is 61.5 Å². The quantitative estimate of drug-likeness (QED) is 0.0369. The fourth-order valence-corrected chi connectivity index (χ4v) is 8.74. The third-order valence-corrected chi connectivity index (χ3v) is 13.4. The molecule has 406 valence electrons. The number of phenolic OH excluding ortho intramolecular Hbond substituents is 3. The Balaban J connectivity index is 0.000000607. The fourth-order valence-electron chi connectivity index (χ4n) is 8.31. The normalized spacial score (nSPS) is 12.6. The first-order valence-corrected chi connectivity index (χ1v) is 25.0. The monoisotopic (exact) mass is 1050 g/mol. The molecule has 0 bridgehead atoms. The van der Waals surface area contributed by atoms with E-state index in [0.717, 1.165) is 51.8 Å². The largest absolute Gasteiger partial charge is 0.743 e. The number of aromatic hydroxyl groups is 3. The van der Waals surface area contributed by atoms with Gasteiger partial charge in [-0.25, -0.2) is 8.42 Å². The number of nitrogens with zero attached hydrogens (tertiary/aromatic N) is 1. The van der Waals surface area contributed by atoms with Gasteiger partial charge in [0.15, 0.2) is 10.1 Å². The van der Waals surface area contributed by atoms with Gasteiger partial charge in [0.1, 0.15) is 17.2 Å². The zero-order chi connectivity index (χ0) is 55.0. The smallest absolute Gasteiger partial charge is 0.461 e. The SMILES string of the molecule is CCCN(CCC)CCC.CCc1cc(C(C)(C)c2ccc(C(C)(c3cc(COC)c(O)c(COC)c3)c3cc(COC)c(O)c(COC)c3)cc2)cc(CC)c1O.O=S(=O)([O-])C(F)(F)C(F)(F)C(F)(F)F. The van der Waals surface area contributed by atoms with Crippen LogP contribution in [0.5, 0.6) is 17.2 Å². The zero-order valence-corrected chi connectivity index (χ0v) is 44.3. The topological polar surface area (TPSA) is 158 Å². The predicted octanol–water partition coefficient (Wildman–Crippen LogP) is 12.0. The molecule has 72 heavy (non-hydrogen) atoms. The Morgan fingerprint density at radius 1 is 0.500 bits per heavy atom. The second kappa shape index (κ2) is 27.2. The minimum atomic E-state index is -7.10. The molecule has 0 aliphatic heterocycles. The molecule has 0 heterocycles. The Kier molecular flexibility index (Phi) is 24.0. The van der Waals surface area contributed by atoms with Crippen molar-refractivity contribution in [1.29, 1.82) is 0 Å². The van der Waals surface area contributed by atoms with Crippen LogP contribution in [0.4, 0.5) is 30.7 Å². The van der Waals surface area contributed by atoms with Crippen molar-refractivity contribution in [1.82, 2.24) is 4.90 Å². The van der Waals surface area contributed by atoms with Crippen molar-refractivity contribution in [3.63, 3.8) is 0 Å². The van der Waals surface area contributed by atoms with Crippen LogP contribution in [-0.2, 0) is 79.2 Å². The van der Waals surface area contributed by atoms with E-state index in [1.165, 1.54) is 38.9 Å². The van der Waals surface area contributed by atoms with Crippen LogP contribution < -0.4 is 0 Å². The molecule has 0 aliphatic rings. The van der Waals surface area contributed by atoms with E-state index in [9.17, 15) is 59.0 Å². The molecule has 4 aromatic rings. The van der Waals surface area contributed by atoms with Crippen molar-refractivity contribution in [3.8, 4) is 17.2 Å². The number of ether oxygens (including phenoxy) is 4. The molecule has 0 aromatic heterocycles. The van der Waals surface area contributed by atoms with Gasteiger partial charge < -0.3 is 43.7 Å².